The summed E-state index contributed by atoms with van der Waals surface area (Å²) >= 11 is 0. The Labute approximate surface area is 155 Å². The van der Waals surface area contributed by atoms with Gasteiger partial charge in [-0.25, -0.2) is 14.2 Å². The number of hydrogen-bond donors (Lipinski definition) is 0. The zero-order chi connectivity index (χ0) is 19.0. The first-order valence-corrected chi connectivity index (χ1v) is 8.50. The number of aromatic nitrogens is 2. The van der Waals surface area contributed by atoms with E-state index in [2.05, 4.69) is 0 Å². The van der Waals surface area contributed by atoms with Crippen molar-refractivity contribution >= 4 is 17.0 Å². The molecule has 27 heavy (non-hydrogen) atoms. The van der Waals surface area contributed by atoms with Crippen molar-refractivity contribution in [2.45, 2.75) is 6.92 Å². The number of hydrogen-bond acceptors (Lipinski definition) is 3. The second-order valence-electron chi connectivity index (χ2n) is 6.31. The number of methoxy groups -OCH3 is 1. The molecule has 134 valence electrons. The molecule has 0 saturated heterocycles. The minimum absolute atomic E-state index is 0.298. The van der Waals surface area contributed by atoms with E-state index in [1.165, 1.54) is 19.2 Å². The Balaban J connectivity index is 1.99. The molecule has 0 unspecified atom stereocenters. The van der Waals surface area contributed by atoms with Gasteiger partial charge in [-0.15, -0.1) is 0 Å². The van der Waals surface area contributed by atoms with Gasteiger partial charge in [0.2, 0.25) is 0 Å². The van der Waals surface area contributed by atoms with Gasteiger partial charge < -0.3 is 4.74 Å². The van der Waals surface area contributed by atoms with Gasteiger partial charge in [0, 0.05) is 11.3 Å². The molecule has 0 fully saturated rings. The van der Waals surface area contributed by atoms with Gasteiger partial charge >= 0.3 is 5.97 Å². The van der Waals surface area contributed by atoms with Crippen LogP contribution in [0.25, 0.3) is 28.1 Å². The highest BCUT2D eigenvalue weighted by molar-refractivity contribution is 5.95. The number of rotatable bonds is 3. The van der Waals surface area contributed by atoms with E-state index in [9.17, 15) is 9.18 Å². The van der Waals surface area contributed by atoms with Crippen LogP contribution in [0.2, 0.25) is 0 Å². The van der Waals surface area contributed by atoms with Crippen LogP contribution in [-0.4, -0.2) is 22.6 Å². The molecule has 4 aromatic rings. The third-order valence-corrected chi connectivity index (χ3v) is 4.47. The summed E-state index contributed by atoms with van der Waals surface area (Å²) in [5.74, 6) is 0.0109. The number of halogens is 1. The van der Waals surface area contributed by atoms with Gasteiger partial charge in [-0.3, -0.25) is 4.57 Å². The lowest BCUT2D eigenvalue weighted by atomic mass is 10.1. The maximum Gasteiger partial charge on any atom is 0.337 e. The third kappa shape index (κ3) is 3.08. The molecule has 1 heterocycles. The largest absolute Gasteiger partial charge is 0.465 e. The van der Waals surface area contributed by atoms with Crippen molar-refractivity contribution in [2.75, 3.05) is 7.11 Å². The van der Waals surface area contributed by atoms with Crippen LogP contribution in [0.15, 0.2) is 66.7 Å². The molecule has 4 rings (SSSR count). The lowest BCUT2D eigenvalue weighted by molar-refractivity contribution is 0.0601. The first-order chi connectivity index (χ1) is 13.1. The quantitative estimate of drug-likeness (QED) is 0.487. The lowest BCUT2D eigenvalue weighted by Gasteiger charge is -2.10. The zero-order valence-electron chi connectivity index (χ0n) is 14.9. The second kappa shape index (κ2) is 6.68. The predicted octanol–water partition coefficient (Wildman–Crippen LogP) is 4.93. The summed E-state index contributed by atoms with van der Waals surface area (Å²) in [6, 6.07) is 19.5. The third-order valence-electron chi connectivity index (χ3n) is 4.47. The van der Waals surface area contributed by atoms with Crippen molar-refractivity contribution in [1.29, 1.82) is 0 Å². The van der Waals surface area contributed by atoms with Crippen LogP contribution in [0.1, 0.15) is 15.9 Å². The minimum atomic E-state index is -0.412. The summed E-state index contributed by atoms with van der Waals surface area (Å²) in [5, 5.41) is 0. The van der Waals surface area contributed by atoms with Gasteiger partial charge in [0.25, 0.3) is 0 Å². The summed E-state index contributed by atoms with van der Waals surface area (Å²) in [4.78, 5) is 16.6. The van der Waals surface area contributed by atoms with Gasteiger partial charge in [0.05, 0.1) is 23.7 Å². The van der Waals surface area contributed by atoms with Crippen LogP contribution < -0.4 is 0 Å². The average Bonchev–Trinajstić information content (AvgIpc) is 3.07. The van der Waals surface area contributed by atoms with Crippen LogP contribution >= 0.6 is 0 Å². The predicted molar refractivity (Wildman–Crippen MR) is 103 cm³/mol. The van der Waals surface area contributed by atoms with Gasteiger partial charge in [0.1, 0.15) is 11.6 Å². The molecule has 0 atom stereocenters. The first-order valence-electron chi connectivity index (χ1n) is 8.50. The Morgan fingerprint density at radius 1 is 1.00 bits per heavy atom. The molecular weight excluding hydrogens is 343 g/mol. The Kier molecular flexibility index (Phi) is 4.20. The Morgan fingerprint density at radius 2 is 1.70 bits per heavy atom. The molecule has 0 amide bonds. The van der Waals surface area contributed by atoms with E-state index in [4.69, 9.17) is 9.72 Å². The molecule has 0 radical (unpaired) electrons. The summed E-state index contributed by atoms with van der Waals surface area (Å²) in [6.07, 6.45) is 0. The molecule has 0 spiro atoms. The number of fused-ring (bicyclic) bond motifs is 1. The van der Waals surface area contributed by atoms with E-state index in [1.807, 2.05) is 41.8 Å². The molecule has 0 aliphatic carbocycles. The molecule has 0 bridgehead atoms. The van der Waals surface area contributed by atoms with E-state index in [1.54, 1.807) is 24.3 Å². The normalized spacial score (nSPS) is 10.9. The summed E-state index contributed by atoms with van der Waals surface area (Å²) < 4.78 is 20.2. The van der Waals surface area contributed by atoms with Crippen molar-refractivity contribution in [3.05, 3.63) is 83.7 Å². The fraction of sp³-hybridized carbons (Fsp3) is 0.0909. The molecule has 1 aromatic heterocycles. The van der Waals surface area contributed by atoms with E-state index in [0.717, 1.165) is 28.2 Å². The SMILES string of the molecule is COC(=O)c1ccc2c(c1)nc(-c1ccc(C)cc1)n2-c1ccc(F)cc1. The fourth-order valence-corrected chi connectivity index (χ4v) is 3.07. The monoisotopic (exact) mass is 360 g/mol. The number of benzene rings is 3. The maximum absolute atomic E-state index is 13.4. The minimum Gasteiger partial charge on any atom is -0.465 e. The molecule has 0 N–H and O–H groups in total. The second-order valence-corrected chi connectivity index (χ2v) is 6.31. The highest BCUT2D eigenvalue weighted by Gasteiger charge is 2.16. The molecular formula is C22H17FN2O2. The average molecular weight is 360 g/mol. The number of ether oxygens (including phenoxy) is 1. The Hall–Kier alpha value is -3.47. The van der Waals surface area contributed by atoms with Crippen LogP contribution in [0.3, 0.4) is 0 Å². The van der Waals surface area contributed by atoms with Crippen molar-refractivity contribution in [3.8, 4) is 17.1 Å². The van der Waals surface area contributed by atoms with Gasteiger partial charge in [-0.05, 0) is 49.4 Å². The van der Waals surface area contributed by atoms with Gasteiger partial charge in [-0.2, -0.15) is 0 Å². The van der Waals surface area contributed by atoms with E-state index < -0.39 is 5.97 Å². The van der Waals surface area contributed by atoms with Crippen LogP contribution in [-0.2, 0) is 4.74 Å². The molecule has 0 saturated carbocycles. The molecule has 4 nitrogen and oxygen atoms in total. The number of carbonyl (C=O) groups excluding carboxylic acids is 1. The number of esters is 1. The van der Waals surface area contributed by atoms with Crippen molar-refractivity contribution in [3.63, 3.8) is 0 Å². The smallest absolute Gasteiger partial charge is 0.337 e. The van der Waals surface area contributed by atoms with E-state index in [-0.39, 0.29) is 5.82 Å². The topological polar surface area (TPSA) is 44.1 Å². The lowest BCUT2D eigenvalue weighted by Crippen LogP contribution is -2.01. The van der Waals surface area contributed by atoms with Crippen molar-refractivity contribution in [2.24, 2.45) is 0 Å². The maximum atomic E-state index is 13.4. The summed E-state index contributed by atoms with van der Waals surface area (Å²) in [7, 11) is 1.35. The van der Waals surface area contributed by atoms with Crippen LogP contribution in [0.5, 0.6) is 0 Å². The zero-order valence-corrected chi connectivity index (χ0v) is 14.9. The standard InChI is InChI=1S/C22H17FN2O2/c1-14-3-5-15(6-4-14)21-24-19-13-16(22(26)27-2)7-12-20(19)25(21)18-10-8-17(23)9-11-18/h3-13H,1-2H3. The highest BCUT2D eigenvalue weighted by atomic mass is 19.1. The number of carbonyl (C=O) groups is 1. The molecule has 0 aliphatic rings. The summed E-state index contributed by atoms with van der Waals surface area (Å²) in [6.45, 7) is 2.02. The number of imidazole rings is 1. The van der Waals surface area contributed by atoms with Crippen molar-refractivity contribution < 1.29 is 13.9 Å². The van der Waals surface area contributed by atoms with Gasteiger partial charge in [-0.1, -0.05) is 29.8 Å². The Morgan fingerprint density at radius 3 is 2.37 bits per heavy atom. The van der Waals surface area contributed by atoms with E-state index in [0.29, 0.717) is 11.1 Å². The first kappa shape index (κ1) is 17.0. The van der Waals surface area contributed by atoms with Crippen molar-refractivity contribution in [1.82, 2.24) is 9.55 Å². The number of aryl methyl sites for hydroxylation is 1. The van der Waals surface area contributed by atoms with Gasteiger partial charge in [0.15, 0.2) is 0 Å². The summed E-state index contributed by atoms with van der Waals surface area (Å²) in [5.41, 5.74) is 4.80. The highest BCUT2D eigenvalue weighted by Crippen LogP contribution is 2.29. The molecule has 5 heteroatoms. The number of nitrogens with zero attached hydrogens (tertiary/aromatic N) is 2. The van der Waals surface area contributed by atoms with E-state index >= 15 is 0 Å². The van der Waals surface area contributed by atoms with Crippen LogP contribution in [0.4, 0.5) is 4.39 Å². The van der Waals surface area contributed by atoms with Crippen LogP contribution in [0, 0.1) is 12.7 Å². The molecule has 3 aromatic carbocycles. The Bertz CT molecular complexity index is 1130. The molecule has 0 aliphatic heterocycles. The fourth-order valence-electron chi connectivity index (χ4n) is 3.07.